The lowest BCUT2D eigenvalue weighted by Crippen LogP contribution is -2.48. The highest BCUT2D eigenvalue weighted by atomic mass is 32.2. The zero-order chi connectivity index (χ0) is 34.0. The lowest BCUT2D eigenvalue weighted by atomic mass is 10.0. The van der Waals surface area contributed by atoms with Crippen LogP contribution in [0.1, 0.15) is 56.0 Å². The molecule has 1 aliphatic heterocycles. The third-order valence-electron chi connectivity index (χ3n) is 8.43. The summed E-state index contributed by atoms with van der Waals surface area (Å²) < 4.78 is 41.4. The van der Waals surface area contributed by atoms with E-state index in [1.165, 1.54) is 18.2 Å². The van der Waals surface area contributed by atoms with Gasteiger partial charge >= 0.3 is 0 Å². The Balaban J connectivity index is 1.63. The second kappa shape index (κ2) is 16.8. The van der Waals surface area contributed by atoms with Crippen LogP contribution in [0.25, 0.3) is 0 Å². The first kappa shape index (κ1) is 35.9. The Morgan fingerprint density at radius 2 is 1.72 bits per heavy atom. The van der Waals surface area contributed by atoms with Crippen LogP contribution in [0.4, 0.5) is 5.69 Å². The van der Waals surface area contributed by atoms with Crippen LogP contribution in [0.2, 0.25) is 0 Å². The molecule has 4 rings (SSSR count). The third-order valence-corrected chi connectivity index (χ3v) is 9.83. The average molecular weight is 666 g/mol. The molecule has 0 bridgehead atoms. The van der Waals surface area contributed by atoms with Crippen molar-refractivity contribution in [2.24, 2.45) is 5.92 Å². The van der Waals surface area contributed by atoms with Gasteiger partial charge in [0.25, 0.3) is 15.9 Å². The minimum Gasteiger partial charge on any atom is -0.490 e. The van der Waals surface area contributed by atoms with Crippen LogP contribution < -0.4 is 9.46 Å². The largest absolute Gasteiger partial charge is 0.490 e. The Labute approximate surface area is 278 Å². The van der Waals surface area contributed by atoms with Crippen molar-refractivity contribution in [3.8, 4) is 5.75 Å². The highest BCUT2D eigenvalue weighted by molar-refractivity contribution is 7.92. The number of hydrogen-bond acceptors (Lipinski definition) is 7. The number of rotatable bonds is 9. The first-order valence-electron chi connectivity index (χ1n) is 16.2. The van der Waals surface area contributed by atoms with Gasteiger partial charge < -0.3 is 24.4 Å². The molecule has 11 heteroatoms. The SMILES string of the molecule is C[C@H](CO)N1C[C@H](C)[C@H](CN(C)C(=O)Cc2ccccc2)OCCCC[C@H](C)Oc2ccc(NS(=O)(=O)c3ccccc3)cc2C1=O. The fourth-order valence-corrected chi connectivity index (χ4v) is 6.61. The molecule has 3 aromatic carbocycles. The number of ether oxygens (including phenoxy) is 2. The summed E-state index contributed by atoms with van der Waals surface area (Å²) in [5.41, 5.74) is 1.32. The van der Waals surface area contributed by atoms with E-state index in [1.54, 1.807) is 54.1 Å². The van der Waals surface area contributed by atoms with Gasteiger partial charge in [-0.3, -0.25) is 14.3 Å². The van der Waals surface area contributed by atoms with Gasteiger partial charge in [-0.1, -0.05) is 55.5 Å². The van der Waals surface area contributed by atoms with Gasteiger partial charge in [-0.05, 0) is 69.0 Å². The number of carbonyl (C=O) groups excluding carboxylic acids is 2. The number of hydrogen-bond donors (Lipinski definition) is 2. The van der Waals surface area contributed by atoms with Gasteiger partial charge in [0.05, 0.1) is 41.7 Å². The van der Waals surface area contributed by atoms with Crippen LogP contribution in [-0.2, 0) is 26.0 Å². The Bertz CT molecular complexity index is 1570. The summed E-state index contributed by atoms with van der Waals surface area (Å²) in [6.07, 6.45) is 2.01. The van der Waals surface area contributed by atoms with E-state index < -0.39 is 22.0 Å². The highest BCUT2D eigenvalue weighted by Gasteiger charge is 2.31. The molecule has 2 N–H and O–H groups in total. The Hall–Kier alpha value is -3.93. The molecule has 0 unspecified atom stereocenters. The van der Waals surface area contributed by atoms with Crippen LogP contribution in [0.3, 0.4) is 0 Å². The van der Waals surface area contributed by atoms with Crippen LogP contribution in [-0.4, -0.2) is 86.7 Å². The normalized spacial score (nSPS) is 20.3. The molecule has 47 heavy (non-hydrogen) atoms. The molecule has 0 saturated heterocycles. The van der Waals surface area contributed by atoms with Crippen molar-refractivity contribution < 1.29 is 32.6 Å². The maximum absolute atomic E-state index is 14.3. The number of anilines is 1. The number of benzene rings is 3. The molecule has 2 amide bonds. The summed E-state index contributed by atoms with van der Waals surface area (Å²) in [6, 6.07) is 21.7. The highest BCUT2D eigenvalue weighted by Crippen LogP contribution is 2.29. The summed E-state index contributed by atoms with van der Waals surface area (Å²) in [5.74, 6) is -0.325. The number of fused-ring (bicyclic) bond motifs is 1. The number of amides is 2. The van der Waals surface area contributed by atoms with Crippen molar-refractivity contribution in [2.75, 3.05) is 38.1 Å². The van der Waals surface area contributed by atoms with Crippen molar-refractivity contribution in [2.45, 2.75) is 69.6 Å². The van der Waals surface area contributed by atoms with Crippen LogP contribution >= 0.6 is 0 Å². The Kier molecular flexibility index (Phi) is 12.8. The number of aliphatic hydroxyl groups is 1. The van der Waals surface area contributed by atoms with E-state index >= 15 is 0 Å². The molecule has 0 radical (unpaired) electrons. The van der Waals surface area contributed by atoms with E-state index in [0.717, 1.165) is 18.4 Å². The molecular formula is C36H47N3O7S. The average Bonchev–Trinajstić information content (AvgIpc) is 3.06. The van der Waals surface area contributed by atoms with Crippen molar-refractivity contribution >= 4 is 27.5 Å². The Morgan fingerprint density at radius 1 is 1.04 bits per heavy atom. The number of nitrogens with one attached hydrogen (secondary N) is 1. The van der Waals surface area contributed by atoms with E-state index in [1.807, 2.05) is 44.2 Å². The minimum atomic E-state index is -3.91. The van der Waals surface area contributed by atoms with E-state index in [0.29, 0.717) is 25.3 Å². The first-order chi connectivity index (χ1) is 22.5. The fraction of sp³-hybridized carbons (Fsp3) is 0.444. The van der Waals surface area contributed by atoms with Gasteiger partial charge in [0, 0.05) is 38.3 Å². The molecule has 10 nitrogen and oxygen atoms in total. The molecule has 0 aliphatic carbocycles. The number of carbonyl (C=O) groups is 2. The van der Waals surface area contributed by atoms with Gasteiger partial charge in [-0.25, -0.2) is 8.42 Å². The second-order valence-electron chi connectivity index (χ2n) is 12.4. The van der Waals surface area contributed by atoms with Crippen molar-refractivity contribution in [1.29, 1.82) is 0 Å². The van der Waals surface area contributed by atoms with Gasteiger partial charge in [0.1, 0.15) is 5.75 Å². The maximum Gasteiger partial charge on any atom is 0.261 e. The summed E-state index contributed by atoms with van der Waals surface area (Å²) in [4.78, 5) is 30.8. The molecule has 0 aromatic heterocycles. The molecular weight excluding hydrogens is 618 g/mol. The van der Waals surface area contributed by atoms with Crippen molar-refractivity contribution in [3.05, 3.63) is 90.0 Å². The number of nitrogens with zero attached hydrogens (tertiary/aromatic N) is 2. The maximum atomic E-state index is 14.3. The van der Waals surface area contributed by atoms with E-state index in [4.69, 9.17) is 9.47 Å². The monoisotopic (exact) mass is 665 g/mol. The fourth-order valence-electron chi connectivity index (χ4n) is 5.54. The van der Waals surface area contributed by atoms with E-state index in [9.17, 15) is 23.1 Å². The molecule has 3 aromatic rings. The van der Waals surface area contributed by atoms with Gasteiger partial charge in [0.15, 0.2) is 0 Å². The second-order valence-corrected chi connectivity index (χ2v) is 14.0. The van der Waals surface area contributed by atoms with Gasteiger partial charge in [-0.15, -0.1) is 0 Å². The topological polar surface area (TPSA) is 125 Å². The van der Waals surface area contributed by atoms with Gasteiger partial charge in [-0.2, -0.15) is 0 Å². The number of likely N-dealkylation sites (N-methyl/N-ethyl adjacent to an activating group) is 1. The predicted octanol–water partition coefficient (Wildman–Crippen LogP) is 4.98. The lowest BCUT2D eigenvalue weighted by molar-refractivity contribution is -0.131. The molecule has 0 saturated carbocycles. The predicted molar refractivity (Wildman–Crippen MR) is 182 cm³/mol. The summed E-state index contributed by atoms with van der Waals surface area (Å²) in [5, 5.41) is 10.2. The van der Waals surface area contributed by atoms with Crippen LogP contribution in [0.5, 0.6) is 5.75 Å². The quantitative estimate of drug-likeness (QED) is 0.330. The zero-order valence-corrected chi connectivity index (χ0v) is 28.5. The molecule has 254 valence electrons. The summed E-state index contributed by atoms with van der Waals surface area (Å²) in [6.45, 7) is 6.43. The molecule has 1 aliphatic rings. The first-order valence-corrected chi connectivity index (χ1v) is 17.7. The van der Waals surface area contributed by atoms with Crippen molar-refractivity contribution in [3.63, 3.8) is 0 Å². The standard InChI is InChI=1S/C36H47N3O7S/c1-26-23-39(27(2)25-40)36(42)32-22-30(37-47(43,44)31-16-9-6-10-17-31)18-19-33(32)46-28(3)13-11-12-20-45-34(26)24-38(4)35(41)21-29-14-7-5-8-15-29/h5-10,14-19,22,26-28,34,37,40H,11-13,20-21,23-25H2,1-4H3/t26-,27+,28-,34-/m0/s1. The lowest BCUT2D eigenvalue weighted by Gasteiger charge is -2.36. The molecule has 0 fully saturated rings. The third kappa shape index (κ3) is 10.0. The van der Waals surface area contributed by atoms with Crippen molar-refractivity contribution in [1.82, 2.24) is 9.80 Å². The summed E-state index contributed by atoms with van der Waals surface area (Å²) in [7, 11) is -2.15. The smallest absolute Gasteiger partial charge is 0.261 e. The summed E-state index contributed by atoms with van der Waals surface area (Å²) >= 11 is 0. The molecule has 0 spiro atoms. The van der Waals surface area contributed by atoms with Gasteiger partial charge in [0.2, 0.25) is 5.91 Å². The van der Waals surface area contributed by atoms with E-state index in [-0.39, 0.29) is 59.8 Å². The number of sulfonamides is 1. The molecule has 1 heterocycles. The molecule has 4 atom stereocenters. The Morgan fingerprint density at radius 3 is 2.40 bits per heavy atom. The van der Waals surface area contributed by atoms with Crippen LogP contribution in [0, 0.1) is 5.92 Å². The number of aliphatic hydroxyl groups excluding tert-OH is 1. The zero-order valence-electron chi connectivity index (χ0n) is 27.7. The van der Waals surface area contributed by atoms with E-state index in [2.05, 4.69) is 4.72 Å². The minimum absolute atomic E-state index is 0.0338. The van der Waals surface area contributed by atoms with Crippen LogP contribution in [0.15, 0.2) is 83.8 Å².